The molecule has 0 radical (unpaired) electrons. The molecule has 0 aromatic heterocycles. The van der Waals surface area contributed by atoms with Crippen LogP contribution in [0.3, 0.4) is 0 Å². The molecule has 1 aliphatic rings. The van der Waals surface area contributed by atoms with E-state index in [-0.39, 0.29) is 12.1 Å². The molecule has 2 rings (SSSR count). The predicted octanol–water partition coefficient (Wildman–Crippen LogP) is 2.94. The maximum absolute atomic E-state index is 11.0. The molecule has 0 spiro atoms. The molecule has 3 heteroatoms. The molecule has 1 unspecified atom stereocenters. The van der Waals surface area contributed by atoms with Gasteiger partial charge in [0.2, 0.25) is 0 Å². The first-order valence-electron chi connectivity index (χ1n) is 5.97. The zero-order valence-electron chi connectivity index (χ0n) is 10.8. The number of ether oxygens (including phenoxy) is 2. The van der Waals surface area contributed by atoms with Crippen molar-refractivity contribution in [1.29, 1.82) is 0 Å². The fourth-order valence-corrected chi connectivity index (χ4v) is 2.16. The van der Waals surface area contributed by atoms with Crippen molar-refractivity contribution in [1.82, 2.24) is 0 Å². The van der Waals surface area contributed by atoms with Gasteiger partial charge in [0.15, 0.2) is 0 Å². The minimum absolute atomic E-state index is 0.264. The first-order valence-corrected chi connectivity index (χ1v) is 5.97. The molecular formula is C14H18O3. The van der Waals surface area contributed by atoms with Crippen LogP contribution in [-0.4, -0.2) is 12.1 Å². The van der Waals surface area contributed by atoms with E-state index in [0.29, 0.717) is 5.75 Å². The standard InChI is InChI=1S/C14H18O3/c1-8-5-6-12-7-13(17-11(4)15)9(2)10(3)14(12)16-8/h7-8H,5-6H2,1-4H3. The molecule has 1 aliphatic heterocycles. The fourth-order valence-electron chi connectivity index (χ4n) is 2.16. The first-order chi connectivity index (χ1) is 7.99. The van der Waals surface area contributed by atoms with E-state index in [2.05, 4.69) is 6.92 Å². The highest BCUT2D eigenvalue weighted by molar-refractivity contribution is 5.70. The lowest BCUT2D eigenvalue weighted by molar-refractivity contribution is -0.131. The van der Waals surface area contributed by atoms with Crippen LogP contribution in [0.5, 0.6) is 11.5 Å². The van der Waals surface area contributed by atoms with Crippen molar-refractivity contribution in [2.24, 2.45) is 0 Å². The molecule has 3 nitrogen and oxygen atoms in total. The Labute approximate surface area is 102 Å². The van der Waals surface area contributed by atoms with E-state index in [1.54, 1.807) is 0 Å². The highest BCUT2D eigenvalue weighted by atomic mass is 16.5. The van der Waals surface area contributed by atoms with Gasteiger partial charge in [0.25, 0.3) is 0 Å². The number of benzene rings is 1. The average Bonchev–Trinajstić information content (AvgIpc) is 2.26. The second-order valence-electron chi connectivity index (χ2n) is 4.67. The number of hydrogen-bond donors (Lipinski definition) is 0. The summed E-state index contributed by atoms with van der Waals surface area (Å²) in [4.78, 5) is 11.0. The van der Waals surface area contributed by atoms with Crippen molar-refractivity contribution in [2.75, 3.05) is 0 Å². The number of aryl methyl sites for hydroxylation is 1. The van der Waals surface area contributed by atoms with Crippen LogP contribution >= 0.6 is 0 Å². The molecule has 1 aromatic carbocycles. The zero-order valence-corrected chi connectivity index (χ0v) is 10.8. The Morgan fingerprint density at radius 2 is 2.12 bits per heavy atom. The Morgan fingerprint density at radius 3 is 2.76 bits per heavy atom. The minimum Gasteiger partial charge on any atom is -0.490 e. The number of carbonyl (C=O) groups is 1. The van der Waals surface area contributed by atoms with Gasteiger partial charge in [0, 0.05) is 6.92 Å². The van der Waals surface area contributed by atoms with Gasteiger partial charge in [-0.2, -0.15) is 0 Å². The van der Waals surface area contributed by atoms with E-state index >= 15 is 0 Å². The SMILES string of the molecule is CC(=O)Oc1cc2c(c(C)c1C)OC(C)CC2. The third-order valence-corrected chi connectivity index (χ3v) is 3.26. The van der Waals surface area contributed by atoms with Crippen LogP contribution < -0.4 is 9.47 Å². The number of carbonyl (C=O) groups excluding carboxylic acids is 1. The van der Waals surface area contributed by atoms with E-state index in [1.807, 2.05) is 19.9 Å². The molecule has 1 atom stereocenters. The summed E-state index contributed by atoms with van der Waals surface area (Å²) >= 11 is 0. The normalized spacial score (nSPS) is 18.2. The predicted molar refractivity (Wildman–Crippen MR) is 65.6 cm³/mol. The Kier molecular flexibility index (Phi) is 3.09. The Bertz CT molecular complexity index is 463. The molecule has 0 N–H and O–H groups in total. The van der Waals surface area contributed by atoms with E-state index in [4.69, 9.17) is 9.47 Å². The number of hydrogen-bond acceptors (Lipinski definition) is 3. The quantitative estimate of drug-likeness (QED) is 0.553. The van der Waals surface area contributed by atoms with Gasteiger partial charge < -0.3 is 9.47 Å². The number of fused-ring (bicyclic) bond motifs is 1. The summed E-state index contributed by atoms with van der Waals surface area (Å²) in [6, 6.07) is 1.94. The fraction of sp³-hybridized carbons (Fsp3) is 0.500. The molecule has 0 bridgehead atoms. The second-order valence-corrected chi connectivity index (χ2v) is 4.67. The summed E-state index contributed by atoms with van der Waals surface area (Å²) in [5.74, 6) is 1.35. The summed E-state index contributed by atoms with van der Waals surface area (Å²) in [6.07, 6.45) is 2.25. The molecule has 0 aliphatic carbocycles. The van der Waals surface area contributed by atoms with Gasteiger partial charge in [0.1, 0.15) is 11.5 Å². The summed E-state index contributed by atoms with van der Waals surface area (Å²) in [5, 5.41) is 0. The molecule has 0 amide bonds. The lowest BCUT2D eigenvalue weighted by Crippen LogP contribution is -2.20. The second kappa shape index (κ2) is 4.40. The van der Waals surface area contributed by atoms with Crippen LogP contribution in [0, 0.1) is 13.8 Å². The van der Waals surface area contributed by atoms with Crippen molar-refractivity contribution < 1.29 is 14.3 Å². The first kappa shape index (κ1) is 12.0. The maximum Gasteiger partial charge on any atom is 0.308 e. The van der Waals surface area contributed by atoms with Crippen LogP contribution in [-0.2, 0) is 11.2 Å². The smallest absolute Gasteiger partial charge is 0.308 e. The topological polar surface area (TPSA) is 35.5 Å². The van der Waals surface area contributed by atoms with Crippen molar-refractivity contribution >= 4 is 5.97 Å². The van der Waals surface area contributed by atoms with Gasteiger partial charge in [-0.05, 0) is 56.4 Å². The third kappa shape index (κ3) is 2.28. The van der Waals surface area contributed by atoms with Crippen LogP contribution in [0.2, 0.25) is 0 Å². The van der Waals surface area contributed by atoms with E-state index in [9.17, 15) is 4.79 Å². The Morgan fingerprint density at radius 1 is 1.41 bits per heavy atom. The number of rotatable bonds is 1. The molecular weight excluding hydrogens is 216 g/mol. The monoisotopic (exact) mass is 234 g/mol. The summed E-state index contributed by atoms with van der Waals surface area (Å²) < 4.78 is 11.1. The van der Waals surface area contributed by atoms with Gasteiger partial charge in [-0.15, -0.1) is 0 Å². The molecule has 0 saturated heterocycles. The molecule has 0 fully saturated rings. The van der Waals surface area contributed by atoms with Crippen molar-refractivity contribution in [3.63, 3.8) is 0 Å². The molecule has 1 aromatic rings. The average molecular weight is 234 g/mol. The van der Waals surface area contributed by atoms with Crippen LogP contribution in [0.1, 0.15) is 37.0 Å². The van der Waals surface area contributed by atoms with Crippen LogP contribution in [0.25, 0.3) is 0 Å². The lowest BCUT2D eigenvalue weighted by atomic mass is 9.96. The lowest BCUT2D eigenvalue weighted by Gasteiger charge is -2.26. The van der Waals surface area contributed by atoms with E-state index < -0.39 is 0 Å². The van der Waals surface area contributed by atoms with Gasteiger partial charge >= 0.3 is 5.97 Å². The molecule has 0 saturated carbocycles. The van der Waals surface area contributed by atoms with Crippen LogP contribution in [0.4, 0.5) is 0 Å². The van der Waals surface area contributed by atoms with Crippen LogP contribution in [0.15, 0.2) is 6.07 Å². The van der Waals surface area contributed by atoms with Gasteiger partial charge in [0.05, 0.1) is 6.10 Å². The largest absolute Gasteiger partial charge is 0.490 e. The highest BCUT2D eigenvalue weighted by Gasteiger charge is 2.21. The van der Waals surface area contributed by atoms with Crippen molar-refractivity contribution in [2.45, 2.75) is 46.6 Å². The summed E-state index contributed by atoms with van der Waals surface area (Å²) in [5.41, 5.74) is 3.20. The van der Waals surface area contributed by atoms with Gasteiger partial charge in [-0.3, -0.25) is 4.79 Å². The molecule has 1 heterocycles. The van der Waals surface area contributed by atoms with Crippen molar-refractivity contribution in [3.8, 4) is 11.5 Å². The highest BCUT2D eigenvalue weighted by Crippen LogP contribution is 2.37. The molecule has 17 heavy (non-hydrogen) atoms. The third-order valence-electron chi connectivity index (χ3n) is 3.26. The Balaban J connectivity index is 2.46. The number of esters is 1. The van der Waals surface area contributed by atoms with Gasteiger partial charge in [-0.25, -0.2) is 0 Å². The van der Waals surface area contributed by atoms with E-state index in [0.717, 1.165) is 35.3 Å². The van der Waals surface area contributed by atoms with Crippen molar-refractivity contribution in [3.05, 3.63) is 22.8 Å². The summed E-state index contributed by atoms with van der Waals surface area (Å²) in [6.45, 7) is 7.47. The Hall–Kier alpha value is -1.51. The zero-order chi connectivity index (χ0) is 12.6. The molecule has 92 valence electrons. The minimum atomic E-state index is -0.280. The van der Waals surface area contributed by atoms with E-state index in [1.165, 1.54) is 6.92 Å². The maximum atomic E-state index is 11.0. The summed E-state index contributed by atoms with van der Waals surface area (Å²) in [7, 11) is 0. The van der Waals surface area contributed by atoms with Gasteiger partial charge in [-0.1, -0.05) is 0 Å².